The molecule has 1 aliphatic rings. The van der Waals surface area contributed by atoms with Gasteiger partial charge in [0.15, 0.2) is 0 Å². The van der Waals surface area contributed by atoms with Crippen LogP contribution < -0.4 is 10.2 Å². The van der Waals surface area contributed by atoms with Gasteiger partial charge in [0.2, 0.25) is 0 Å². The van der Waals surface area contributed by atoms with Gasteiger partial charge in [-0.15, -0.1) is 0 Å². The lowest BCUT2D eigenvalue weighted by molar-refractivity contribution is 0.311. The normalized spacial score (nSPS) is 17.2. The smallest absolute Gasteiger partial charge is 0.146 e. The van der Waals surface area contributed by atoms with Crippen molar-refractivity contribution in [3.63, 3.8) is 0 Å². The number of benzene rings is 1. The first kappa shape index (κ1) is 13.3. The monoisotopic (exact) mass is 251 g/mol. The molecule has 1 saturated heterocycles. The number of likely N-dealkylation sites (N-methyl/N-ethyl adjacent to an activating group) is 2. The standard InChI is InChI=1S/C14H22FN3/c1-16-6-5-12-3-4-14(13(15)11-12)18-9-7-17(2)8-10-18/h3-4,11,16H,5-10H2,1-2H3. The molecule has 4 heteroatoms. The summed E-state index contributed by atoms with van der Waals surface area (Å²) in [6.45, 7) is 4.70. The highest BCUT2D eigenvalue weighted by molar-refractivity contribution is 5.49. The van der Waals surface area contributed by atoms with Crippen molar-refractivity contribution in [1.82, 2.24) is 10.2 Å². The molecular weight excluding hydrogens is 229 g/mol. The Kier molecular flexibility index (Phi) is 4.55. The van der Waals surface area contributed by atoms with Crippen LogP contribution in [0.25, 0.3) is 0 Å². The largest absolute Gasteiger partial charge is 0.367 e. The van der Waals surface area contributed by atoms with Crippen molar-refractivity contribution in [1.29, 1.82) is 0 Å². The van der Waals surface area contributed by atoms with Gasteiger partial charge in [0.05, 0.1) is 5.69 Å². The maximum atomic E-state index is 14.1. The van der Waals surface area contributed by atoms with Gasteiger partial charge in [0.1, 0.15) is 5.82 Å². The van der Waals surface area contributed by atoms with Crippen molar-refractivity contribution in [3.8, 4) is 0 Å². The first-order valence-electron chi connectivity index (χ1n) is 6.57. The molecule has 1 aromatic rings. The Morgan fingerprint density at radius 3 is 2.56 bits per heavy atom. The zero-order valence-corrected chi connectivity index (χ0v) is 11.2. The van der Waals surface area contributed by atoms with E-state index in [1.807, 2.05) is 19.2 Å². The van der Waals surface area contributed by atoms with E-state index in [4.69, 9.17) is 0 Å². The minimum absolute atomic E-state index is 0.0897. The summed E-state index contributed by atoms with van der Waals surface area (Å²) in [7, 11) is 4.02. The number of hydrogen-bond donors (Lipinski definition) is 1. The summed E-state index contributed by atoms with van der Waals surface area (Å²) in [6.07, 6.45) is 0.871. The fourth-order valence-corrected chi connectivity index (χ4v) is 2.28. The highest BCUT2D eigenvalue weighted by Gasteiger charge is 2.17. The molecule has 2 rings (SSSR count). The lowest BCUT2D eigenvalue weighted by Crippen LogP contribution is -2.44. The Morgan fingerprint density at radius 2 is 1.94 bits per heavy atom. The van der Waals surface area contributed by atoms with Gasteiger partial charge >= 0.3 is 0 Å². The molecule has 1 aliphatic heterocycles. The van der Waals surface area contributed by atoms with Gasteiger partial charge < -0.3 is 15.1 Å². The maximum Gasteiger partial charge on any atom is 0.146 e. The summed E-state index contributed by atoms with van der Waals surface area (Å²) in [5.41, 5.74) is 1.80. The summed E-state index contributed by atoms with van der Waals surface area (Å²) in [5.74, 6) is -0.0897. The van der Waals surface area contributed by atoms with E-state index in [1.54, 1.807) is 6.07 Å². The average Bonchev–Trinajstić information content (AvgIpc) is 2.38. The van der Waals surface area contributed by atoms with Crippen LogP contribution in [0.15, 0.2) is 18.2 Å². The Bertz CT molecular complexity index is 387. The summed E-state index contributed by atoms with van der Waals surface area (Å²) in [5, 5.41) is 3.08. The van der Waals surface area contributed by atoms with Gasteiger partial charge in [-0.05, 0) is 44.8 Å². The number of anilines is 1. The lowest BCUT2D eigenvalue weighted by atomic mass is 10.1. The molecule has 3 nitrogen and oxygen atoms in total. The summed E-state index contributed by atoms with van der Waals surface area (Å²) >= 11 is 0. The van der Waals surface area contributed by atoms with E-state index < -0.39 is 0 Å². The summed E-state index contributed by atoms with van der Waals surface area (Å²) in [6, 6.07) is 5.63. The number of rotatable bonds is 4. The van der Waals surface area contributed by atoms with E-state index in [2.05, 4.69) is 22.2 Å². The van der Waals surface area contributed by atoms with Crippen LogP contribution in [0.2, 0.25) is 0 Å². The molecule has 0 bridgehead atoms. The Balaban J connectivity index is 2.05. The van der Waals surface area contributed by atoms with Crippen molar-refractivity contribution >= 4 is 5.69 Å². The highest BCUT2D eigenvalue weighted by atomic mass is 19.1. The molecule has 1 fully saturated rings. The third kappa shape index (κ3) is 3.21. The molecule has 0 saturated carbocycles. The van der Waals surface area contributed by atoms with E-state index in [1.165, 1.54) is 0 Å². The molecule has 0 atom stereocenters. The lowest BCUT2D eigenvalue weighted by Gasteiger charge is -2.34. The molecule has 0 aromatic heterocycles. The number of piperazine rings is 1. The van der Waals surface area contributed by atoms with Crippen molar-refractivity contribution in [2.45, 2.75) is 6.42 Å². The fraction of sp³-hybridized carbons (Fsp3) is 0.571. The highest BCUT2D eigenvalue weighted by Crippen LogP contribution is 2.21. The number of nitrogens with one attached hydrogen (secondary N) is 1. The van der Waals surface area contributed by atoms with Gasteiger partial charge in [-0.2, -0.15) is 0 Å². The molecule has 0 radical (unpaired) electrons. The molecule has 100 valence electrons. The predicted molar refractivity (Wildman–Crippen MR) is 73.7 cm³/mol. The molecule has 0 spiro atoms. The molecule has 0 amide bonds. The van der Waals surface area contributed by atoms with Crippen molar-refractivity contribution in [2.24, 2.45) is 0 Å². The SMILES string of the molecule is CNCCc1ccc(N2CCN(C)CC2)c(F)c1. The Morgan fingerprint density at radius 1 is 1.22 bits per heavy atom. The van der Waals surface area contributed by atoms with E-state index in [9.17, 15) is 4.39 Å². The topological polar surface area (TPSA) is 18.5 Å². The van der Waals surface area contributed by atoms with Gasteiger partial charge in [0.25, 0.3) is 0 Å². The van der Waals surface area contributed by atoms with Crippen molar-refractivity contribution < 1.29 is 4.39 Å². The minimum atomic E-state index is -0.0897. The second-order valence-corrected chi connectivity index (χ2v) is 4.93. The third-order valence-corrected chi connectivity index (χ3v) is 3.52. The zero-order chi connectivity index (χ0) is 13.0. The van der Waals surface area contributed by atoms with Crippen LogP contribution in [0.4, 0.5) is 10.1 Å². The van der Waals surface area contributed by atoms with Gasteiger partial charge in [0, 0.05) is 26.2 Å². The molecule has 0 unspecified atom stereocenters. The van der Waals surface area contributed by atoms with Gasteiger partial charge in [-0.25, -0.2) is 4.39 Å². The van der Waals surface area contributed by atoms with Gasteiger partial charge in [-0.3, -0.25) is 0 Å². The molecule has 1 aromatic carbocycles. The van der Waals surface area contributed by atoms with E-state index in [-0.39, 0.29) is 5.82 Å². The van der Waals surface area contributed by atoms with Crippen molar-refractivity contribution in [3.05, 3.63) is 29.6 Å². The summed E-state index contributed by atoms with van der Waals surface area (Å²) in [4.78, 5) is 4.41. The van der Waals surface area contributed by atoms with E-state index >= 15 is 0 Å². The molecule has 18 heavy (non-hydrogen) atoms. The van der Waals surface area contributed by atoms with Gasteiger partial charge in [-0.1, -0.05) is 6.07 Å². The quantitative estimate of drug-likeness (QED) is 0.871. The first-order chi connectivity index (χ1) is 8.70. The fourth-order valence-electron chi connectivity index (χ4n) is 2.28. The maximum absolute atomic E-state index is 14.1. The van der Waals surface area contributed by atoms with E-state index in [0.29, 0.717) is 0 Å². The molecular formula is C14H22FN3. The second-order valence-electron chi connectivity index (χ2n) is 4.93. The van der Waals surface area contributed by atoms with Crippen molar-refractivity contribution in [2.75, 3.05) is 51.7 Å². The molecule has 0 aliphatic carbocycles. The second kappa shape index (κ2) is 6.16. The van der Waals surface area contributed by atoms with Crippen LogP contribution in [0.5, 0.6) is 0 Å². The van der Waals surface area contributed by atoms with Crippen LogP contribution in [0.3, 0.4) is 0 Å². The zero-order valence-electron chi connectivity index (χ0n) is 11.2. The number of hydrogen-bond acceptors (Lipinski definition) is 3. The number of nitrogens with zero attached hydrogens (tertiary/aromatic N) is 2. The van der Waals surface area contributed by atoms with Crippen LogP contribution in [0.1, 0.15) is 5.56 Å². The Hall–Kier alpha value is -1.13. The minimum Gasteiger partial charge on any atom is -0.367 e. The Labute approximate surface area is 109 Å². The molecule has 1 N–H and O–H groups in total. The van der Waals surface area contributed by atoms with E-state index in [0.717, 1.165) is 50.4 Å². The first-order valence-corrected chi connectivity index (χ1v) is 6.57. The van der Waals surface area contributed by atoms with Crippen LogP contribution in [0, 0.1) is 5.82 Å². The number of halogens is 1. The third-order valence-electron chi connectivity index (χ3n) is 3.52. The van der Waals surface area contributed by atoms with Crippen LogP contribution >= 0.6 is 0 Å². The summed E-state index contributed by atoms with van der Waals surface area (Å²) < 4.78 is 14.1. The molecule has 1 heterocycles. The predicted octanol–water partition coefficient (Wildman–Crippen LogP) is 1.34. The van der Waals surface area contributed by atoms with Crippen LogP contribution in [-0.4, -0.2) is 51.7 Å². The van der Waals surface area contributed by atoms with Crippen LogP contribution in [-0.2, 0) is 6.42 Å². The average molecular weight is 251 g/mol.